The third-order valence-corrected chi connectivity index (χ3v) is 3.93. The number of nitrogens with zero attached hydrogens (tertiary/aromatic N) is 5. The number of aryl methyl sites for hydroxylation is 1. The van der Waals surface area contributed by atoms with Gasteiger partial charge in [-0.2, -0.15) is 0 Å². The molecule has 8 heteroatoms. The maximum atomic E-state index is 12.1. The molecule has 1 amide bonds. The number of benzene rings is 1. The van der Waals surface area contributed by atoms with Crippen LogP contribution in [0.5, 0.6) is 5.75 Å². The molecule has 1 aromatic carbocycles. The van der Waals surface area contributed by atoms with Crippen molar-refractivity contribution in [3.8, 4) is 5.75 Å². The summed E-state index contributed by atoms with van der Waals surface area (Å²) >= 11 is 1.32. The van der Waals surface area contributed by atoms with Gasteiger partial charge in [-0.1, -0.05) is 30.0 Å². The zero-order valence-electron chi connectivity index (χ0n) is 12.2. The second-order valence-electron chi connectivity index (χ2n) is 4.44. The Bertz CT molecular complexity index is 616. The third-order valence-electron chi connectivity index (χ3n) is 2.93. The topological polar surface area (TPSA) is 73.1 Å². The van der Waals surface area contributed by atoms with Crippen LogP contribution in [0.15, 0.2) is 29.4 Å². The Morgan fingerprint density at radius 3 is 2.86 bits per heavy atom. The summed E-state index contributed by atoms with van der Waals surface area (Å²) in [5.74, 6) is 1.08. The number of methoxy groups -OCH3 is 1. The fourth-order valence-corrected chi connectivity index (χ4v) is 2.55. The van der Waals surface area contributed by atoms with E-state index in [4.69, 9.17) is 4.74 Å². The lowest BCUT2D eigenvalue weighted by molar-refractivity contribution is -0.127. The summed E-state index contributed by atoms with van der Waals surface area (Å²) in [6.07, 6.45) is 0. The summed E-state index contributed by atoms with van der Waals surface area (Å²) in [5, 5.41) is 11.7. The van der Waals surface area contributed by atoms with Crippen LogP contribution in [-0.2, 0) is 18.4 Å². The summed E-state index contributed by atoms with van der Waals surface area (Å²) in [4.78, 5) is 13.8. The lowest BCUT2D eigenvalue weighted by Crippen LogP contribution is -2.28. The maximum Gasteiger partial charge on any atom is 0.233 e. The monoisotopic (exact) mass is 307 g/mol. The van der Waals surface area contributed by atoms with Crippen LogP contribution in [-0.4, -0.2) is 50.9 Å². The summed E-state index contributed by atoms with van der Waals surface area (Å²) in [6, 6.07) is 7.66. The number of carbonyl (C=O) groups is 1. The molecule has 0 saturated carbocycles. The molecule has 0 radical (unpaired) electrons. The molecule has 0 fully saturated rings. The van der Waals surface area contributed by atoms with Gasteiger partial charge in [0.05, 0.1) is 12.9 Å². The lowest BCUT2D eigenvalue weighted by Gasteiger charge is -2.18. The van der Waals surface area contributed by atoms with E-state index in [9.17, 15) is 4.79 Å². The van der Waals surface area contributed by atoms with Crippen molar-refractivity contribution in [1.29, 1.82) is 0 Å². The second-order valence-corrected chi connectivity index (χ2v) is 5.38. The first-order valence-electron chi connectivity index (χ1n) is 6.33. The predicted molar refractivity (Wildman–Crippen MR) is 79.0 cm³/mol. The standard InChI is InChI=1S/C13H17N5O2S/c1-17(8-10-6-4-5-7-11(10)20-3)12(19)9-21-13-14-15-16-18(13)2/h4-7H,8-9H2,1-3H3. The third kappa shape index (κ3) is 3.94. The minimum atomic E-state index is 0.00825. The van der Waals surface area contributed by atoms with Crippen LogP contribution >= 0.6 is 11.8 Å². The van der Waals surface area contributed by atoms with Crippen LogP contribution in [0.25, 0.3) is 0 Å². The van der Waals surface area contributed by atoms with Crippen molar-refractivity contribution in [1.82, 2.24) is 25.1 Å². The van der Waals surface area contributed by atoms with Gasteiger partial charge in [-0.25, -0.2) is 4.68 Å². The lowest BCUT2D eigenvalue weighted by atomic mass is 10.2. The van der Waals surface area contributed by atoms with E-state index in [-0.39, 0.29) is 5.91 Å². The van der Waals surface area contributed by atoms with E-state index in [1.54, 1.807) is 26.1 Å². The summed E-state index contributed by atoms with van der Waals surface area (Å²) < 4.78 is 6.83. The van der Waals surface area contributed by atoms with E-state index in [1.807, 2.05) is 24.3 Å². The number of rotatable bonds is 6. The van der Waals surface area contributed by atoms with Gasteiger partial charge in [0.2, 0.25) is 11.1 Å². The fourth-order valence-electron chi connectivity index (χ4n) is 1.76. The molecule has 0 saturated heterocycles. The van der Waals surface area contributed by atoms with Crippen molar-refractivity contribution in [2.75, 3.05) is 19.9 Å². The number of para-hydroxylation sites is 1. The molecule has 112 valence electrons. The summed E-state index contributed by atoms with van der Waals surface area (Å²) in [6.45, 7) is 0.500. The Balaban J connectivity index is 1.92. The molecule has 1 heterocycles. The zero-order chi connectivity index (χ0) is 15.2. The predicted octanol–water partition coefficient (Wildman–Crippen LogP) is 0.969. The molecule has 0 aliphatic rings. The average molecular weight is 307 g/mol. The van der Waals surface area contributed by atoms with Crippen molar-refractivity contribution >= 4 is 17.7 Å². The number of hydrogen-bond acceptors (Lipinski definition) is 6. The Hall–Kier alpha value is -2.09. The zero-order valence-corrected chi connectivity index (χ0v) is 13.0. The number of carbonyl (C=O) groups excluding carboxylic acids is 1. The largest absolute Gasteiger partial charge is 0.496 e. The van der Waals surface area contributed by atoms with E-state index < -0.39 is 0 Å². The SMILES string of the molecule is COc1ccccc1CN(C)C(=O)CSc1nnnn1C. The fraction of sp³-hybridized carbons (Fsp3) is 0.385. The molecule has 0 bridgehead atoms. The Morgan fingerprint density at radius 1 is 1.43 bits per heavy atom. The van der Waals surface area contributed by atoms with Crippen LogP contribution in [0.2, 0.25) is 0 Å². The van der Waals surface area contributed by atoms with Crippen molar-refractivity contribution in [2.24, 2.45) is 7.05 Å². The Morgan fingerprint density at radius 2 is 2.19 bits per heavy atom. The van der Waals surface area contributed by atoms with Gasteiger partial charge in [0, 0.05) is 26.2 Å². The first kappa shape index (κ1) is 15.3. The van der Waals surface area contributed by atoms with E-state index >= 15 is 0 Å². The maximum absolute atomic E-state index is 12.1. The van der Waals surface area contributed by atoms with Crippen molar-refractivity contribution in [3.63, 3.8) is 0 Å². The van der Waals surface area contributed by atoms with Gasteiger partial charge in [-0.15, -0.1) is 5.10 Å². The van der Waals surface area contributed by atoms with Gasteiger partial charge in [-0.05, 0) is 16.5 Å². The van der Waals surface area contributed by atoms with Crippen LogP contribution in [0, 0.1) is 0 Å². The van der Waals surface area contributed by atoms with Crippen LogP contribution in [0.4, 0.5) is 0 Å². The van der Waals surface area contributed by atoms with Gasteiger partial charge in [0.1, 0.15) is 5.75 Å². The van der Waals surface area contributed by atoms with Gasteiger partial charge in [0.15, 0.2) is 0 Å². The molecule has 2 rings (SSSR count). The molecule has 7 nitrogen and oxygen atoms in total. The van der Waals surface area contributed by atoms with E-state index in [2.05, 4.69) is 15.5 Å². The average Bonchev–Trinajstić information content (AvgIpc) is 2.90. The summed E-state index contributed by atoms with van der Waals surface area (Å²) in [5.41, 5.74) is 0.973. The highest BCUT2D eigenvalue weighted by atomic mass is 32.2. The molecule has 1 aromatic heterocycles. The molecule has 0 aliphatic carbocycles. The molecule has 0 N–H and O–H groups in total. The van der Waals surface area contributed by atoms with Crippen LogP contribution in [0.3, 0.4) is 0 Å². The summed E-state index contributed by atoms with van der Waals surface area (Å²) in [7, 11) is 5.13. The highest BCUT2D eigenvalue weighted by Gasteiger charge is 2.14. The van der Waals surface area contributed by atoms with E-state index in [0.717, 1.165) is 11.3 Å². The van der Waals surface area contributed by atoms with Crippen LogP contribution < -0.4 is 4.74 Å². The number of aromatic nitrogens is 4. The first-order valence-corrected chi connectivity index (χ1v) is 7.31. The number of thioether (sulfide) groups is 1. The van der Waals surface area contributed by atoms with Crippen molar-refractivity contribution < 1.29 is 9.53 Å². The van der Waals surface area contributed by atoms with Gasteiger partial charge in [0.25, 0.3) is 0 Å². The minimum Gasteiger partial charge on any atom is -0.496 e. The minimum absolute atomic E-state index is 0.00825. The van der Waals surface area contributed by atoms with Gasteiger partial charge < -0.3 is 9.64 Å². The molecular weight excluding hydrogens is 290 g/mol. The molecule has 0 spiro atoms. The number of ether oxygens (including phenoxy) is 1. The molecule has 21 heavy (non-hydrogen) atoms. The van der Waals surface area contributed by atoms with Crippen molar-refractivity contribution in [2.45, 2.75) is 11.7 Å². The molecule has 0 atom stereocenters. The molecular formula is C13H17N5O2S. The Labute approximate surface area is 127 Å². The quantitative estimate of drug-likeness (QED) is 0.740. The first-order chi connectivity index (χ1) is 10.1. The molecule has 2 aromatic rings. The molecule has 0 unspecified atom stereocenters. The number of amides is 1. The Kier molecular flexibility index (Phi) is 5.15. The highest BCUT2D eigenvalue weighted by Crippen LogP contribution is 2.19. The highest BCUT2D eigenvalue weighted by molar-refractivity contribution is 7.99. The molecule has 0 aliphatic heterocycles. The number of tetrazole rings is 1. The van der Waals surface area contributed by atoms with E-state index in [1.165, 1.54) is 16.4 Å². The van der Waals surface area contributed by atoms with Crippen molar-refractivity contribution in [3.05, 3.63) is 29.8 Å². The smallest absolute Gasteiger partial charge is 0.233 e. The van der Waals surface area contributed by atoms with Crippen LogP contribution in [0.1, 0.15) is 5.56 Å². The van der Waals surface area contributed by atoms with Gasteiger partial charge >= 0.3 is 0 Å². The second kappa shape index (κ2) is 7.07. The number of hydrogen-bond donors (Lipinski definition) is 0. The van der Waals surface area contributed by atoms with E-state index in [0.29, 0.717) is 17.5 Å². The van der Waals surface area contributed by atoms with Gasteiger partial charge in [-0.3, -0.25) is 4.79 Å². The normalized spacial score (nSPS) is 10.4.